The first-order valence-corrected chi connectivity index (χ1v) is 8.37. The highest BCUT2D eigenvalue weighted by Gasteiger charge is 2.20. The van der Waals surface area contributed by atoms with Gasteiger partial charge in [0.25, 0.3) is 5.91 Å². The molecule has 4 nitrogen and oxygen atoms in total. The minimum atomic E-state index is -0.0400. The molecular weight excluding hydrogens is 302 g/mol. The molecule has 1 amide bonds. The summed E-state index contributed by atoms with van der Waals surface area (Å²) < 4.78 is 11.5. The van der Waals surface area contributed by atoms with E-state index in [0.717, 1.165) is 25.0 Å². The molecule has 0 unspecified atom stereocenters. The van der Waals surface area contributed by atoms with Crippen LogP contribution in [0.1, 0.15) is 28.8 Å². The molecular formula is C20H23NO3. The first kappa shape index (κ1) is 16.5. The van der Waals surface area contributed by atoms with Gasteiger partial charge in [-0.25, -0.2) is 0 Å². The number of carbonyl (C=O) groups is 1. The lowest BCUT2D eigenvalue weighted by atomic mass is 10.1. The summed E-state index contributed by atoms with van der Waals surface area (Å²) in [5.74, 6) is 0.583. The molecule has 0 aliphatic carbocycles. The number of benzene rings is 2. The molecule has 4 heteroatoms. The second kappa shape index (κ2) is 7.97. The Morgan fingerprint density at radius 3 is 2.67 bits per heavy atom. The average Bonchev–Trinajstić information content (AvgIpc) is 3.14. The van der Waals surface area contributed by atoms with Gasteiger partial charge in [-0.1, -0.05) is 42.5 Å². The molecule has 0 spiro atoms. The Hall–Kier alpha value is -2.33. The lowest BCUT2D eigenvalue weighted by Gasteiger charge is -2.20. The molecule has 1 heterocycles. The molecule has 1 atom stereocenters. The van der Waals surface area contributed by atoms with Gasteiger partial charge in [0.1, 0.15) is 12.4 Å². The monoisotopic (exact) mass is 325 g/mol. The first-order chi connectivity index (χ1) is 11.7. The van der Waals surface area contributed by atoms with Gasteiger partial charge in [-0.2, -0.15) is 0 Å². The third-order valence-corrected chi connectivity index (χ3v) is 4.18. The van der Waals surface area contributed by atoms with Crippen LogP contribution >= 0.6 is 0 Å². The molecule has 2 aromatic carbocycles. The summed E-state index contributed by atoms with van der Waals surface area (Å²) in [5, 5.41) is 0. The highest BCUT2D eigenvalue weighted by atomic mass is 16.5. The zero-order valence-corrected chi connectivity index (χ0v) is 14.0. The van der Waals surface area contributed by atoms with Crippen molar-refractivity contribution in [3.05, 3.63) is 65.7 Å². The van der Waals surface area contributed by atoms with Crippen molar-refractivity contribution in [2.45, 2.75) is 25.5 Å². The SMILES string of the molecule is CN(Cc1ccccc1)C(=O)c1ccccc1OC[C@H]1CCCO1. The van der Waals surface area contributed by atoms with Crippen molar-refractivity contribution in [1.29, 1.82) is 0 Å². The van der Waals surface area contributed by atoms with Crippen molar-refractivity contribution in [1.82, 2.24) is 4.90 Å². The van der Waals surface area contributed by atoms with E-state index in [2.05, 4.69) is 0 Å². The highest BCUT2D eigenvalue weighted by molar-refractivity contribution is 5.96. The number of ether oxygens (including phenoxy) is 2. The van der Waals surface area contributed by atoms with E-state index >= 15 is 0 Å². The Balaban J connectivity index is 1.67. The number of para-hydroxylation sites is 1. The van der Waals surface area contributed by atoms with E-state index < -0.39 is 0 Å². The molecule has 0 bridgehead atoms. The smallest absolute Gasteiger partial charge is 0.257 e. The van der Waals surface area contributed by atoms with Crippen molar-refractivity contribution < 1.29 is 14.3 Å². The average molecular weight is 325 g/mol. The van der Waals surface area contributed by atoms with E-state index in [9.17, 15) is 4.79 Å². The normalized spacial score (nSPS) is 16.8. The van der Waals surface area contributed by atoms with E-state index in [0.29, 0.717) is 24.5 Å². The lowest BCUT2D eigenvalue weighted by molar-refractivity contribution is 0.0656. The second-order valence-corrected chi connectivity index (χ2v) is 6.09. The molecule has 1 saturated heterocycles. The van der Waals surface area contributed by atoms with E-state index in [-0.39, 0.29) is 12.0 Å². The van der Waals surface area contributed by atoms with E-state index in [4.69, 9.17) is 9.47 Å². The van der Waals surface area contributed by atoms with Gasteiger partial charge in [0.15, 0.2) is 0 Å². The number of nitrogens with zero attached hydrogens (tertiary/aromatic N) is 1. The van der Waals surface area contributed by atoms with Crippen LogP contribution in [0.5, 0.6) is 5.75 Å². The molecule has 0 saturated carbocycles. The maximum atomic E-state index is 12.8. The third kappa shape index (κ3) is 4.15. The topological polar surface area (TPSA) is 38.8 Å². The van der Waals surface area contributed by atoms with Crippen molar-refractivity contribution in [3.63, 3.8) is 0 Å². The number of hydrogen-bond donors (Lipinski definition) is 0. The van der Waals surface area contributed by atoms with Crippen LogP contribution < -0.4 is 4.74 Å². The summed E-state index contributed by atoms with van der Waals surface area (Å²) in [7, 11) is 1.81. The van der Waals surface area contributed by atoms with Crippen molar-refractivity contribution in [3.8, 4) is 5.75 Å². The fraction of sp³-hybridized carbons (Fsp3) is 0.350. The van der Waals surface area contributed by atoms with Crippen LogP contribution in [-0.2, 0) is 11.3 Å². The van der Waals surface area contributed by atoms with Crippen LogP contribution in [0.3, 0.4) is 0 Å². The van der Waals surface area contributed by atoms with Gasteiger partial charge in [0.2, 0.25) is 0 Å². The van der Waals surface area contributed by atoms with Gasteiger partial charge in [0.05, 0.1) is 11.7 Å². The maximum absolute atomic E-state index is 12.8. The molecule has 24 heavy (non-hydrogen) atoms. The van der Waals surface area contributed by atoms with Crippen molar-refractivity contribution in [2.24, 2.45) is 0 Å². The molecule has 0 aromatic heterocycles. The Labute approximate surface area is 143 Å². The first-order valence-electron chi connectivity index (χ1n) is 8.37. The molecule has 1 aliphatic rings. The van der Waals surface area contributed by atoms with Crippen LogP contribution in [-0.4, -0.2) is 37.2 Å². The summed E-state index contributed by atoms with van der Waals surface area (Å²) in [6, 6.07) is 17.4. The summed E-state index contributed by atoms with van der Waals surface area (Å²) in [4.78, 5) is 14.5. The molecule has 1 fully saturated rings. The fourth-order valence-corrected chi connectivity index (χ4v) is 2.86. The van der Waals surface area contributed by atoms with Crippen LogP contribution in [0, 0.1) is 0 Å². The van der Waals surface area contributed by atoms with Gasteiger partial charge in [-0.3, -0.25) is 4.79 Å². The Morgan fingerprint density at radius 2 is 1.92 bits per heavy atom. The van der Waals surface area contributed by atoms with E-state index in [1.54, 1.807) is 4.90 Å². The maximum Gasteiger partial charge on any atom is 0.257 e. The predicted octanol–water partition coefficient (Wildman–Crippen LogP) is 3.52. The number of amides is 1. The van der Waals surface area contributed by atoms with Crippen molar-refractivity contribution in [2.75, 3.05) is 20.3 Å². The molecule has 0 radical (unpaired) electrons. The van der Waals surface area contributed by atoms with Gasteiger partial charge in [0, 0.05) is 20.2 Å². The van der Waals surface area contributed by atoms with E-state index in [1.807, 2.05) is 61.6 Å². The van der Waals surface area contributed by atoms with Crippen LogP contribution in [0.15, 0.2) is 54.6 Å². The van der Waals surface area contributed by atoms with Gasteiger partial charge in [-0.05, 0) is 30.5 Å². The Kier molecular flexibility index (Phi) is 5.49. The lowest BCUT2D eigenvalue weighted by Crippen LogP contribution is -2.27. The Morgan fingerprint density at radius 1 is 1.17 bits per heavy atom. The van der Waals surface area contributed by atoms with E-state index in [1.165, 1.54) is 0 Å². The molecule has 1 aliphatic heterocycles. The number of rotatable bonds is 6. The number of carbonyl (C=O) groups excluding carboxylic acids is 1. The van der Waals surface area contributed by atoms with Gasteiger partial charge in [-0.15, -0.1) is 0 Å². The minimum Gasteiger partial charge on any atom is -0.490 e. The summed E-state index contributed by atoms with van der Waals surface area (Å²) >= 11 is 0. The van der Waals surface area contributed by atoms with Gasteiger partial charge >= 0.3 is 0 Å². The number of hydrogen-bond acceptors (Lipinski definition) is 3. The zero-order valence-electron chi connectivity index (χ0n) is 14.0. The summed E-state index contributed by atoms with van der Waals surface area (Å²) in [5.41, 5.74) is 1.69. The molecule has 0 N–H and O–H groups in total. The van der Waals surface area contributed by atoms with Crippen LogP contribution in [0.4, 0.5) is 0 Å². The largest absolute Gasteiger partial charge is 0.490 e. The zero-order chi connectivity index (χ0) is 16.8. The molecule has 3 rings (SSSR count). The second-order valence-electron chi connectivity index (χ2n) is 6.09. The predicted molar refractivity (Wildman–Crippen MR) is 93.2 cm³/mol. The highest BCUT2D eigenvalue weighted by Crippen LogP contribution is 2.22. The summed E-state index contributed by atoms with van der Waals surface area (Å²) in [6.07, 6.45) is 2.23. The standard InChI is InChI=1S/C20H23NO3/c1-21(14-16-8-3-2-4-9-16)20(22)18-11-5-6-12-19(18)24-15-17-10-7-13-23-17/h2-6,8-9,11-12,17H,7,10,13-15H2,1H3/t17-/m1/s1. The molecule has 126 valence electrons. The Bertz CT molecular complexity index is 666. The molecule has 2 aromatic rings. The third-order valence-electron chi connectivity index (χ3n) is 4.18. The minimum absolute atomic E-state index is 0.0400. The summed E-state index contributed by atoms with van der Waals surface area (Å²) in [6.45, 7) is 1.86. The van der Waals surface area contributed by atoms with Crippen molar-refractivity contribution >= 4 is 5.91 Å². The van der Waals surface area contributed by atoms with Crippen LogP contribution in [0.2, 0.25) is 0 Å². The fourth-order valence-electron chi connectivity index (χ4n) is 2.86. The quantitative estimate of drug-likeness (QED) is 0.816. The van der Waals surface area contributed by atoms with Crippen LogP contribution in [0.25, 0.3) is 0 Å². The van der Waals surface area contributed by atoms with Gasteiger partial charge < -0.3 is 14.4 Å².